The van der Waals surface area contributed by atoms with Crippen molar-refractivity contribution in [3.63, 3.8) is 0 Å². The van der Waals surface area contributed by atoms with Gasteiger partial charge in [0.15, 0.2) is 6.39 Å². The number of oxazole rings is 1. The second-order valence-corrected chi connectivity index (χ2v) is 5.74. The maximum atomic E-state index is 5.62. The van der Waals surface area contributed by atoms with Gasteiger partial charge in [0.2, 0.25) is 0 Å². The van der Waals surface area contributed by atoms with E-state index in [1.54, 1.807) is 6.39 Å². The van der Waals surface area contributed by atoms with Gasteiger partial charge >= 0.3 is 0 Å². The highest BCUT2D eigenvalue weighted by Gasteiger charge is 2.47. The van der Waals surface area contributed by atoms with E-state index in [1.165, 1.54) is 43.6 Å². The lowest BCUT2D eigenvalue weighted by Gasteiger charge is -2.10. The fourth-order valence-corrected chi connectivity index (χ4v) is 3.20. The minimum absolute atomic E-state index is 0.669. The molecular weight excluding hydrogens is 200 g/mol. The number of nitrogens with zero attached hydrogens (tertiary/aromatic N) is 1. The first-order valence-corrected chi connectivity index (χ1v) is 6.56. The quantitative estimate of drug-likeness (QED) is 0.843. The Morgan fingerprint density at radius 1 is 1.25 bits per heavy atom. The molecule has 0 saturated heterocycles. The summed E-state index contributed by atoms with van der Waals surface area (Å²) in [7, 11) is 0. The summed E-state index contributed by atoms with van der Waals surface area (Å²) in [6, 6.07) is 0.751. The van der Waals surface area contributed by atoms with Crippen LogP contribution in [0.2, 0.25) is 0 Å². The van der Waals surface area contributed by atoms with Crippen molar-refractivity contribution in [3.8, 4) is 0 Å². The van der Waals surface area contributed by atoms with E-state index in [0.29, 0.717) is 5.92 Å². The number of fused-ring (bicyclic) bond motifs is 1. The lowest BCUT2D eigenvalue weighted by atomic mass is 9.99. The Balaban J connectivity index is 1.46. The molecule has 16 heavy (non-hydrogen) atoms. The van der Waals surface area contributed by atoms with Gasteiger partial charge in [-0.2, -0.15) is 0 Å². The number of hydrogen-bond acceptors (Lipinski definition) is 3. The molecule has 1 aromatic rings. The van der Waals surface area contributed by atoms with Crippen LogP contribution < -0.4 is 5.32 Å². The Hall–Kier alpha value is -0.830. The Morgan fingerprint density at radius 3 is 2.81 bits per heavy atom. The number of rotatable bonds is 4. The van der Waals surface area contributed by atoms with Crippen LogP contribution in [0.1, 0.15) is 49.5 Å². The molecule has 1 N–H and O–H groups in total. The Bertz CT molecular complexity index is 386. The minimum Gasteiger partial charge on any atom is -0.448 e. The number of aromatic nitrogens is 1. The molecular formula is C13H18N2O. The van der Waals surface area contributed by atoms with Crippen molar-refractivity contribution in [2.75, 3.05) is 0 Å². The molecule has 1 heterocycles. The summed E-state index contributed by atoms with van der Waals surface area (Å²) in [5, 5.41) is 3.52. The largest absolute Gasteiger partial charge is 0.448 e. The Morgan fingerprint density at radius 2 is 2.06 bits per heavy atom. The molecule has 0 aliphatic heterocycles. The molecule has 3 saturated carbocycles. The van der Waals surface area contributed by atoms with Crippen molar-refractivity contribution in [1.82, 2.24) is 10.3 Å². The third-order valence-corrected chi connectivity index (χ3v) is 4.42. The van der Waals surface area contributed by atoms with Crippen LogP contribution in [0, 0.1) is 11.8 Å². The summed E-state index contributed by atoms with van der Waals surface area (Å²) in [6.07, 6.45) is 8.46. The molecule has 3 fully saturated rings. The monoisotopic (exact) mass is 218 g/mol. The van der Waals surface area contributed by atoms with Crippen LogP contribution in [0.5, 0.6) is 0 Å². The second-order valence-electron chi connectivity index (χ2n) is 5.74. The fraction of sp³-hybridized carbons (Fsp3) is 0.769. The summed E-state index contributed by atoms with van der Waals surface area (Å²) >= 11 is 0. The SMILES string of the molecule is c1nc(CNC2CC2)c(C2CC3CC3C2)o1. The normalized spacial score (nSPS) is 36.4. The van der Waals surface area contributed by atoms with Crippen LogP contribution in [0.15, 0.2) is 10.8 Å². The van der Waals surface area contributed by atoms with Gasteiger partial charge in [0.05, 0.1) is 5.69 Å². The molecule has 3 heteroatoms. The first-order valence-electron chi connectivity index (χ1n) is 6.56. The third kappa shape index (κ3) is 1.58. The molecule has 0 aromatic carbocycles. The highest BCUT2D eigenvalue weighted by atomic mass is 16.3. The average Bonchev–Trinajstić information content (AvgIpc) is 3.18. The van der Waals surface area contributed by atoms with Crippen molar-refractivity contribution in [1.29, 1.82) is 0 Å². The maximum Gasteiger partial charge on any atom is 0.181 e. The van der Waals surface area contributed by atoms with Gasteiger partial charge in [-0.25, -0.2) is 4.98 Å². The highest BCUT2D eigenvalue weighted by Crippen LogP contribution is 2.57. The standard InChI is InChI=1S/C13H18N2O/c1-2-11(1)14-6-12-13(16-7-15-12)10-4-8-3-9(8)5-10/h7-11,14H,1-6H2. The Kier molecular flexibility index (Phi) is 1.92. The molecule has 3 aliphatic carbocycles. The van der Waals surface area contributed by atoms with Gasteiger partial charge in [-0.05, 0) is 43.9 Å². The van der Waals surface area contributed by atoms with E-state index < -0.39 is 0 Å². The minimum atomic E-state index is 0.669. The van der Waals surface area contributed by atoms with Gasteiger partial charge in [0, 0.05) is 18.5 Å². The average molecular weight is 218 g/mol. The van der Waals surface area contributed by atoms with Crippen molar-refractivity contribution < 1.29 is 4.42 Å². The summed E-state index contributed by atoms with van der Waals surface area (Å²) in [5.74, 6) is 3.88. The smallest absolute Gasteiger partial charge is 0.181 e. The number of hydrogen-bond donors (Lipinski definition) is 1. The topological polar surface area (TPSA) is 38.1 Å². The van der Waals surface area contributed by atoms with Gasteiger partial charge in [-0.15, -0.1) is 0 Å². The molecule has 0 bridgehead atoms. The van der Waals surface area contributed by atoms with Crippen molar-refractivity contribution >= 4 is 0 Å². The molecule has 4 rings (SSSR count). The van der Waals surface area contributed by atoms with E-state index in [-0.39, 0.29) is 0 Å². The predicted octanol–water partition coefficient (Wildman–Crippen LogP) is 2.44. The predicted molar refractivity (Wildman–Crippen MR) is 59.9 cm³/mol. The van der Waals surface area contributed by atoms with E-state index in [4.69, 9.17) is 4.42 Å². The van der Waals surface area contributed by atoms with Gasteiger partial charge in [-0.3, -0.25) is 0 Å². The first-order chi connectivity index (χ1) is 7.90. The summed E-state index contributed by atoms with van der Waals surface area (Å²) in [5.41, 5.74) is 1.17. The number of nitrogens with one attached hydrogen (secondary N) is 1. The van der Waals surface area contributed by atoms with Crippen LogP contribution in [-0.2, 0) is 6.54 Å². The van der Waals surface area contributed by atoms with E-state index >= 15 is 0 Å². The molecule has 1 aromatic heterocycles. The Labute approximate surface area is 95.6 Å². The van der Waals surface area contributed by atoms with Crippen LogP contribution in [0.3, 0.4) is 0 Å². The fourth-order valence-electron chi connectivity index (χ4n) is 3.20. The first kappa shape index (κ1) is 9.23. The van der Waals surface area contributed by atoms with Gasteiger partial charge < -0.3 is 9.73 Å². The van der Waals surface area contributed by atoms with E-state index in [0.717, 1.165) is 24.4 Å². The lowest BCUT2D eigenvalue weighted by molar-refractivity contribution is 0.437. The van der Waals surface area contributed by atoms with Crippen molar-refractivity contribution in [3.05, 3.63) is 17.8 Å². The van der Waals surface area contributed by atoms with E-state index in [1.807, 2.05) is 0 Å². The van der Waals surface area contributed by atoms with E-state index in [9.17, 15) is 0 Å². The molecule has 0 radical (unpaired) electrons. The zero-order chi connectivity index (χ0) is 10.5. The molecule has 2 unspecified atom stereocenters. The molecule has 86 valence electrons. The van der Waals surface area contributed by atoms with Crippen molar-refractivity contribution in [2.45, 2.75) is 50.6 Å². The van der Waals surface area contributed by atoms with Gasteiger partial charge in [0.25, 0.3) is 0 Å². The maximum absolute atomic E-state index is 5.62. The van der Waals surface area contributed by atoms with Crippen LogP contribution in [0.4, 0.5) is 0 Å². The van der Waals surface area contributed by atoms with Crippen LogP contribution in [0.25, 0.3) is 0 Å². The molecule has 2 atom stereocenters. The zero-order valence-corrected chi connectivity index (χ0v) is 9.48. The van der Waals surface area contributed by atoms with Crippen LogP contribution in [-0.4, -0.2) is 11.0 Å². The second kappa shape index (κ2) is 3.33. The molecule has 0 amide bonds. The highest BCUT2D eigenvalue weighted by molar-refractivity contribution is 5.18. The van der Waals surface area contributed by atoms with Gasteiger partial charge in [0.1, 0.15) is 5.76 Å². The van der Waals surface area contributed by atoms with Gasteiger partial charge in [-0.1, -0.05) is 0 Å². The molecule has 3 aliphatic rings. The van der Waals surface area contributed by atoms with Crippen molar-refractivity contribution in [2.24, 2.45) is 11.8 Å². The lowest BCUT2D eigenvalue weighted by Crippen LogP contribution is -2.17. The zero-order valence-electron chi connectivity index (χ0n) is 9.48. The summed E-state index contributed by atoms with van der Waals surface area (Å²) in [6.45, 7) is 0.905. The summed E-state index contributed by atoms with van der Waals surface area (Å²) in [4.78, 5) is 4.37. The van der Waals surface area contributed by atoms with Crippen LogP contribution >= 0.6 is 0 Å². The summed E-state index contributed by atoms with van der Waals surface area (Å²) < 4.78 is 5.62. The third-order valence-electron chi connectivity index (χ3n) is 4.42. The molecule has 0 spiro atoms. The molecule has 3 nitrogen and oxygen atoms in total. The van der Waals surface area contributed by atoms with E-state index in [2.05, 4.69) is 10.3 Å².